The summed E-state index contributed by atoms with van der Waals surface area (Å²) in [7, 11) is -4.09. The molecule has 2 aromatic rings. The molecule has 0 fully saturated rings. The van der Waals surface area contributed by atoms with Crippen molar-refractivity contribution in [2.24, 2.45) is 5.92 Å². The molecule has 11 heteroatoms. The smallest absolute Gasteiger partial charge is 0.408 e. The van der Waals surface area contributed by atoms with E-state index in [1.165, 1.54) is 13.8 Å². The maximum Gasteiger partial charge on any atom is 0.408 e. The highest BCUT2D eigenvalue weighted by Crippen LogP contribution is 2.47. The zero-order valence-corrected chi connectivity index (χ0v) is 21.3. The molecule has 9 nitrogen and oxygen atoms in total. The molecule has 4 atom stereocenters. The number of hydrogen-bond donors (Lipinski definition) is 4. The Morgan fingerprint density at radius 2 is 1.62 bits per heavy atom. The van der Waals surface area contributed by atoms with E-state index in [1.807, 2.05) is 6.07 Å². The Balaban J connectivity index is 2.07. The molecule has 0 radical (unpaired) electrons. The molecule has 2 amide bonds. The van der Waals surface area contributed by atoms with E-state index >= 15 is 0 Å². The third kappa shape index (κ3) is 8.93. The zero-order valence-electron chi connectivity index (χ0n) is 18.8. The van der Waals surface area contributed by atoms with Crippen LogP contribution in [0.3, 0.4) is 0 Å². The molecule has 0 aromatic heterocycles. The summed E-state index contributed by atoms with van der Waals surface area (Å²) in [5, 5.41) is 13.8. The van der Waals surface area contributed by atoms with E-state index in [9.17, 15) is 23.8 Å². The number of carbonyl (C=O) groups is 3. The Labute approximate surface area is 206 Å². The van der Waals surface area contributed by atoms with Gasteiger partial charge in [-0.15, -0.1) is 0 Å². The number of benzene rings is 2. The van der Waals surface area contributed by atoms with Crippen LogP contribution in [0.15, 0.2) is 59.1 Å². The minimum atomic E-state index is -4.09. The van der Waals surface area contributed by atoms with Gasteiger partial charge in [-0.1, -0.05) is 58.4 Å². The molecule has 0 heterocycles. The number of ether oxygens (including phenoxy) is 1. The van der Waals surface area contributed by atoms with Gasteiger partial charge in [0.2, 0.25) is 13.3 Å². The predicted molar refractivity (Wildman–Crippen MR) is 130 cm³/mol. The first-order valence-corrected chi connectivity index (χ1v) is 13.2. The average Bonchev–Trinajstić information content (AvgIpc) is 2.79. The fourth-order valence-electron chi connectivity index (χ4n) is 3.05. The number of alkyl carbamates (subject to hydrolysis) is 1. The van der Waals surface area contributed by atoms with Gasteiger partial charge in [0.25, 0.3) is 0 Å². The standard InChI is InChI=1S/C23H28BrN2O7P/c1-15(22(28)29)25-21(27)19(12-17-8-10-20(24)11-9-17)14-34(31,32)16(2)26-23(30)33-13-18-6-4-3-5-7-18/h3-11,15-16,19H,12-14H2,1-2H3,(H,25,27)(H,26,30)(H,28,29)(H,31,32)/t15-,16+,19?/m0/s1. The van der Waals surface area contributed by atoms with Crippen molar-refractivity contribution in [1.82, 2.24) is 10.6 Å². The molecule has 4 N–H and O–H groups in total. The lowest BCUT2D eigenvalue weighted by molar-refractivity contribution is -0.141. The minimum Gasteiger partial charge on any atom is -0.480 e. The first kappa shape index (κ1) is 27.6. The van der Waals surface area contributed by atoms with Crippen molar-refractivity contribution < 1.29 is 33.7 Å². The fourth-order valence-corrected chi connectivity index (χ4v) is 4.86. The molecule has 0 aliphatic rings. The number of carboxylic acid groups (broad SMARTS) is 1. The first-order chi connectivity index (χ1) is 16.0. The van der Waals surface area contributed by atoms with E-state index < -0.39 is 49.2 Å². The quantitative estimate of drug-likeness (QED) is 0.310. The molecular weight excluding hydrogens is 527 g/mol. The summed E-state index contributed by atoms with van der Waals surface area (Å²) in [6.07, 6.45) is -1.21. The van der Waals surface area contributed by atoms with Crippen molar-refractivity contribution in [3.05, 3.63) is 70.2 Å². The summed E-state index contributed by atoms with van der Waals surface area (Å²) in [6.45, 7) is 2.66. The molecule has 34 heavy (non-hydrogen) atoms. The van der Waals surface area contributed by atoms with Crippen molar-refractivity contribution in [2.45, 2.75) is 38.7 Å². The average molecular weight is 555 g/mol. The minimum absolute atomic E-state index is 0.00318. The number of nitrogens with one attached hydrogen (secondary N) is 2. The Kier molecular flexibility index (Phi) is 10.3. The summed E-state index contributed by atoms with van der Waals surface area (Å²) in [4.78, 5) is 46.7. The second kappa shape index (κ2) is 12.7. The molecule has 0 saturated heterocycles. The molecule has 184 valence electrons. The van der Waals surface area contributed by atoms with E-state index in [0.29, 0.717) is 0 Å². The van der Waals surface area contributed by atoms with Crippen LogP contribution < -0.4 is 10.6 Å². The third-order valence-electron chi connectivity index (χ3n) is 5.12. The lowest BCUT2D eigenvalue weighted by atomic mass is 10.00. The van der Waals surface area contributed by atoms with Gasteiger partial charge in [-0.25, -0.2) is 4.79 Å². The van der Waals surface area contributed by atoms with Crippen LogP contribution in [0.25, 0.3) is 0 Å². The van der Waals surface area contributed by atoms with Crippen molar-refractivity contribution in [2.75, 3.05) is 6.16 Å². The van der Waals surface area contributed by atoms with E-state index in [-0.39, 0.29) is 13.0 Å². The molecule has 0 aliphatic heterocycles. The van der Waals surface area contributed by atoms with Gasteiger partial charge in [0.15, 0.2) is 0 Å². The maximum atomic E-state index is 13.1. The van der Waals surface area contributed by atoms with Gasteiger partial charge in [-0.3, -0.25) is 14.2 Å². The lowest BCUT2D eigenvalue weighted by Crippen LogP contribution is -2.44. The van der Waals surface area contributed by atoms with Gasteiger partial charge in [0.05, 0.1) is 5.92 Å². The third-order valence-corrected chi connectivity index (χ3v) is 7.95. The summed E-state index contributed by atoms with van der Waals surface area (Å²) in [5.41, 5.74) is 1.49. The molecule has 0 bridgehead atoms. The molecule has 0 aliphatic carbocycles. The molecular formula is C23H28BrN2O7P. The Morgan fingerprint density at radius 3 is 2.21 bits per heavy atom. The molecule has 2 aromatic carbocycles. The normalized spacial score (nSPS) is 15.3. The van der Waals surface area contributed by atoms with Gasteiger partial charge >= 0.3 is 12.1 Å². The van der Waals surface area contributed by atoms with Crippen molar-refractivity contribution in [3.63, 3.8) is 0 Å². The fraction of sp³-hybridized carbons (Fsp3) is 0.348. The van der Waals surface area contributed by atoms with Gasteiger partial charge in [-0.05, 0) is 43.5 Å². The topological polar surface area (TPSA) is 142 Å². The first-order valence-electron chi connectivity index (χ1n) is 10.5. The number of carbonyl (C=O) groups excluding carboxylic acids is 2. The Morgan fingerprint density at radius 1 is 1.00 bits per heavy atom. The van der Waals surface area contributed by atoms with Crippen molar-refractivity contribution >= 4 is 41.3 Å². The van der Waals surface area contributed by atoms with Crippen molar-refractivity contribution in [1.29, 1.82) is 0 Å². The van der Waals surface area contributed by atoms with E-state index in [0.717, 1.165) is 15.6 Å². The van der Waals surface area contributed by atoms with Gasteiger partial charge in [0, 0.05) is 10.6 Å². The van der Waals surface area contributed by atoms with Crippen LogP contribution in [0, 0.1) is 5.92 Å². The van der Waals surface area contributed by atoms with Crippen molar-refractivity contribution in [3.8, 4) is 0 Å². The van der Waals surface area contributed by atoms with E-state index in [2.05, 4.69) is 26.6 Å². The number of carboxylic acids is 1. The van der Waals surface area contributed by atoms with Crippen LogP contribution in [0.5, 0.6) is 0 Å². The monoisotopic (exact) mass is 554 g/mol. The number of rotatable bonds is 11. The van der Waals surface area contributed by atoms with Crippen LogP contribution in [0.4, 0.5) is 4.79 Å². The highest BCUT2D eigenvalue weighted by Gasteiger charge is 2.35. The zero-order chi connectivity index (χ0) is 25.3. The highest BCUT2D eigenvalue weighted by atomic mass is 79.9. The summed E-state index contributed by atoms with van der Waals surface area (Å²) < 4.78 is 19.0. The number of halogens is 1. The van der Waals surface area contributed by atoms with E-state index in [4.69, 9.17) is 9.84 Å². The molecule has 2 unspecified atom stereocenters. The highest BCUT2D eigenvalue weighted by molar-refractivity contribution is 9.10. The lowest BCUT2D eigenvalue weighted by Gasteiger charge is -2.25. The second-order valence-electron chi connectivity index (χ2n) is 7.92. The van der Waals surface area contributed by atoms with E-state index in [1.54, 1.807) is 48.5 Å². The Bertz CT molecular complexity index is 1030. The van der Waals surface area contributed by atoms with Crippen LogP contribution in [-0.2, 0) is 31.9 Å². The van der Waals surface area contributed by atoms with Crippen LogP contribution in [-0.4, -0.2) is 46.0 Å². The molecule has 2 rings (SSSR count). The molecule has 0 saturated carbocycles. The summed E-state index contributed by atoms with van der Waals surface area (Å²) >= 11 is 3.33. The second-order valence-corrected chi connectivity index (χ2v) is 11.5. The number of amides is 2. The number of aliphatic carboxylic acids is 1. The predicted octanol–water partition coefficient (Wildman–Crippen LogP) is 3.74. The van der Waals surface area contributed by atoms with Crippen LogP contribution >= 0.6 is 23.3 Å². The largest absolute Gasteiger partial charge is 0.480 e. The van der Waals surface area contributed by atoms with Crippen LogP contribution in [0.2, 0.25) is 0 Å². The number of hydrogen-bond acceptors (Lipinski definition) is 5. The molecule has 0 spiro atoms. The SMILES string of the molecule is C[C@H](NC(=O)C(Cc1ccc(Br)cc1)CP(=O)(O)[C@H](C)NC(=O)OCc1ccccc1)C(=O)O. The van der Waals surface area contributed by atoms with Gasteiger partial charge in [0.1, 0.15) is 18.4 Å². The van der Waals surface area contributed by atoms with Gasteiger partial charge < -0.3 is 25.4 Å². The summed E-state index contributed by atoms with van der Waals surface area (Å²) in [5.74, 6) is -4.07. The van der Waals surface area contributed by atoms with Crippen LogP contribution in [0.1, 0.15) is 25.0 Å². The van der Waals surface area contributed by atoms with Gasteiger partial charge in [-0.2, -0.15) is 0 Å². The maximum absolute atomic E-state index is 13.1. The Hall–Kier alpha value is -2.68. The summed E-state index contributed by atoms with van der Waals surface area (Å²) in [6, 6.07) is 14.9.